The zero-order chi connectivity index (χ0) is 10.1. The normalized spacial score (nSPS) is 13.1. The summed E-state index contributed by atoms with van der Waals surface area (Å²) in [6.45, 7) is 1.94. The highest BCUT2D eigenvalue weighted by molar-refractivity contribution is 5.89. The van der Waals surface area contributed by atoms with E-state index in [9.17, 15) is 5.21 Å². The summed E-state index contributed by atoms with van der Waals surface area (Å²) in [4.78, 5) is 4.08. The molecular formula is C10H10N2O2. The minimum Gasteiger partial charge on any atom is -0.595 e. The Morgan fingerprint density at radius 3 is 2.86 bits per heavy atom. The van der Waals surface area contributed by atoms with Crippen LogP contribution in [-0.4, -0.2) is 10.2 Å². The Hall–Kier alpha value is -1.49. The van der Waals surface area contributed by atoms with Gasteiger partial charge in [-0.15, -0.1) is 0 Å². The van der Waals surface area contributed by atoms with Crippen molar-refractivity contribution in [1.29, 1.82) is 0 Å². The van der Waals surface area contributed by atoms with E-state index in [1.165, 1.54) is 0 Å². The average Bonchev–Trinajstić information content (AvgIpc) is 2.17. The highest BCUT2D eigenvalue weighted by Gasteiger charge is 2.08. The van der Waals surface area contributed by atoms with Crippen molar-refractivity contribution in [3.8, 4) is 0 Å². The monoisotopic (exact) mass is 190 g/mol. The van der Waals surface area contributed by atoms with Crippen molar-refractivity contribution >= 4 is 16.6 Å². The van der Waals surface area contributed by atoms with E-state index in [-0.39, 0.29) is 5.69 Å². The number of quaternary nitrogens is 1. The number of hydrogen-bond donors (Lipinski definition) is 2. The molecule has 2 aromatic rings. The third-order valence-corrected chi connectivity index (χ3v) is 2.22. The van der Waals surface area contributed by atoms with Crippen LogP contribution in [0.15, 0.2) is 30.5 Å². The van der Waals surface area contributed by atoms with Crippen LogP contribution in [0, 0.1) is 12.1 Å². The Labute approximate surface area is 81.0 Å². The van der Waals surface area contributed by atoms with Crippen LogP contribution in [0.25, 0.3) is 10.9 Å². The number of nitrogens with zero attached hydrogens (tertiary/aromatic N) is 1. The van der Waals surface area contributed by atoms with E-state index in [4.69, 9.17) is 5.21 Å². The second-order valence-electron chi connectivity index (χ2n) is 3.13. The molecule has 1 aromatic carbocycles. The SMILES string of the molecule is Cc1ccnc2c([NH+]([O-])O)cccc12. The van der Waals surface area contributed by atoms with Crippen molar-refractivity contribution in [2.45, 2.75) is 6.92 Å². The van der Waals surface area contributed by atoms with Crippen LogP contribution >= 0.6 is 0 Å². The molecule has 2 N–H and O–H groups in total. The van der Waals surface area contributed by atoms with E-state index in [0.29, 0.717) is 5.52 Å². The molecule has 0 aliphatic rings. The summed E-state index contributed by atoms with van der Waals surface area (Å²) in [5.74, 6) is 0. The van der Waals surface area contributed by atoms with Gasteiger partial charge in [0.25, 0.3) is 0 Å². The van der Waals surface area contributed by atoms with E-state index in [0.717, 1.165) is 10.9 Å². The maximum absolute atomic E-state index is 10.9. The molecule has 1 atom stereocenters. The first-order valence-corrected chi connectivity index (χ1v) is 4.28. The number of hydrogen-bond acceptors (Lipinski definition) is 3. The van der Waals surface area contributed by atoms with E-state index in [1.54, 1.807) is 18.3 Å². The lowest BCUT2D eigenvalue weighted by molar-refractivity contribution is -0.990. The molecule has 0 amide bonds. The standard InChI is InChI=1S/C10H10N2O2/c1-7-5-6-11-10-8(7)3-2-4-9(10)12(13)14/h2-6,12-13H,1H3. The van der Waals surface area contributed by atoms with Crippen LogP contribution in [0.2, 0.25) is 0 Å². The van der Waals surface area contributed by atoms with Crippen molar-refractivity contribution in [1.82, 2.24) is 4.98 Å². The Kier molecular flexibility index (Phi) is 2.17. The molecule has 2 rings (SSSR count). The van der Waals surface area contributed by atoms with Crippen molar-refractivity contribution < 1.29 is 10.4 Å². The van der Waals surface area contributed by atoms with Gasteiger partial charge in [-0.2, -0.15) is 5.23 Å². The molecule has 0 aliphatic carbocycles. The molecule has 1 unspecified atom stereocenters. The van der Waals surface area contributed by atoms with Gasteiger partial charge in [-0.05, 0) is 18.6 Å². The highest BCUT2D eigenvalue weighted by Crippen LogP contribution is 2.20. The lowest BCUT2D eigenvalue weighted by Crippen LogP contribution is -2.99. The van der Waals surface area contributed by atoms with Gasteiger partial charge >= 0.3 is 0 Å². The van der Waals surface area contributed by atoms with Gasteiger partial charge in [0, 0.05) is 17.6 Å². The summed E-state index contributed by atoms with van der Waals surface area (Å²) in [5.41, 5.74) is 1.85. The fourth-order valence-electron chi connectivity index (χ4n) is 1.49. The molecule has 0 fully saturated rings. The fraction of sp³-hybridized carbons (Fsp3) is 0.100. The largest absolute Gasteiger partial charge is 0.595 e. The molecule has 4 heteroatoms. The van der Waals surface area contributed by atoms with Crippen molar-refractivity contribution in [3.63, 3.8) is 0 Å². The molecule has 0 saturated carbocycles. The van der Waals surface area contributed by atoms with E-state index >= 15 is 0 Å². The summed E-state index contributed by atoms with van der Waals surface area (Å²) >= 11 is 0. The predicted molar refractivity (Wildman–Crippen MR) is 52.3 cm³/mol. The third kappa shape index (κ3) is 1.35. The highest BCUT2D eigenvalue weighted by atomic mass is 16.8. The van der Waals surface area contributed by atoms with Crippen LogP contribution < -0.4 is 5.23 Å². The zero-order valence-electron chi connectivity index (χ0n) is 7.69. The molecule has 0 radical (unpaired) electrons. The van der Waals surface area contributed by atoms with E-state index in [1.807, 2.05) is 19.1 Å². The predicted octanol–water partition coefficient (Wildman–Crippen LogP) is 0.947. The lowest BCUT2D eigenvalue weighted by Gasteiger charge is -2.13. The Balaban J connectivity index is 2.81. The molecule has 72 valence electrons. The third-order valence-electron chi connectivity index (χ3n) is 2.22. The maximum Gasteiger partial charge on any atom is 0.190 e. The molecular weight excluding hydrogens is 180 g/mol. The Morgan fingerprint density at radius 1 is 1.36 bits per heavy atom. The van der Waals surface area contributed by atoms with Crippen LogP contribution in [0.4, 0.5) is 5.69 Å². The maximum atomic E-state index is 10.9. The van der Waals surface area contributed by atoms with Crippen LogP contribution in [0.3, 0.4) is 0 Å². The molecule has 4 nitrogen and oxygen atoms in total. The second-order valence-corrected chi connectivity index (χ2v) is 3.13. The van der Waals surface area contributed by atoms with Crippen molar-refractivity contribution in [2.24, 2.45) is 0 Å². The number of pyridine rings is 1. The number of benzene rings is 1. The summed E-state index contributed by atoms with van der Waals surface area (Å²) in [6, 6.07) is 7.05. The molecule has 1 heterocycles. The van der Waals surface area contributed by atoms with E-state index < -0.39 is 5.23 Å². The van der Waals surface area contributed by atoms with E-state index in [2.05, 4.69) is 4.98 Å². The second kappa shape index (κ2) is 3.34. The number of aromatic nitrogens is 1. The zero-order valence-corrected chi connectivity index (χ0v) is 7.69. The lowest BCUT2D eigenvalue weighted by atomic mass is 10.1. The van der Waals surface area contributed by atoms with Gasteiger partial charge in [0.15, 0.2) is 5.69 Å². The first-order chi connectivity index (χ1) is 6.70. The smallest absolute Gasteiger partial charge is 0.190 e. The molecule has 0 spiro atoms. The Morgan fingerprint density at radius 2 is 2.14 bits per heavy atom. The minimum absolute atomic E-state index is 0.256. The topological polar surface area (TPSA) is 60.6 Å². The number of nitrogens with one attached hydrogen (secondary N) is 1. The number of para-hydroxylation sites is 1. The van der Waals surface area contributed by atoms with Crippen LogP contribution in [0.1, 0.15) is 5.56 Å². The number of aryl methyl sites for hydroxylation is 1. The van der Waals surface area contributed by atoms with Gasteiger partial charge in [0.1, 0.15) is 5.52 Å². The minimum atomic E-state index is -0.936. The summed E-state index contributed by atoms with van der Waals surface area (Å²) in [6.07, 6.45) is 1.63. The van der Waals surface area contributed by atoms with Crippen molar-refractivity contribution in [2.75, 3.05) is 0 Å². The molecule has 0 bridgehead atoms. The number of rotatable bonds is 1. The van der Waals surface area contributed by atoms with Crippen molar-refractivity contribution in [3.05, 3.63) is 41.2 Å². The molecule has 0 aliphatic heterocycles. The first-order valence-electron chi connectivity index (χ1n) is 4.28. The van der Waals surface area contributed by atoms with Crippen LogP contribution in [-0.2, 0) is 0 Å². The summed E-state index contributed by atoms with van der Waals surface area (Å²) < 4.78 is 0. The van der Waals surface area contributed by atoms with Gasteiger partial charge in [-0.25, -0.2) is 10.2 Å². The summed E-state index contributed by atoms with van der Waals surface area (Å²) in [5, 5.41) is 19.8. The van der Waals surface area contributed by atoms with Crippen LogP contribution in [0.5, 0.6) is 0 Å². The molecule has 1 aromatic heterocycles. The van der Waals surface area contributed by atoms with Gasteiger partial charge < -0.3 is 5.21 Å². The molecule has 14 heavy (non-hydrogen) atoms. The Bertz CT molecular complexity index is 469. The average molecular weight is 190 g/mol. The van der Waals surface area contributed by atoms with Gasteiger partial charge in [-0.3, -0.25) is 0 Å². The fourth-order valence-corrected chi connectivity index (χ4v) is 1.49. The molecule has 0 saturated heterocycles. The number of fused-ring (bicyclic) bond motifs is 1. The van der Waals surface area contributed by atoms with Gasteiger partial charge in [0.05, 0.1) is 0 Å². The summed E-state index contributed by atoms with van der Waals surface area (Å²) in [7, 11) is 0. The van der Waals surface area contributed by atoms with Gasteiger partial charge in [0.2, 0.25) is 0 Å². The quantitative estimate of drug-likeness (QED) is 0.658. The first kappa shape index (κ1) is 9.08. The van der Waals surface area contributed by atoms with Gasteiger partial charge in [-0.1, -0.05) is 12.1 Å².